The van der Waals surface area contributed by atoms with E-state index in [9.17, 15) is 0 Å². The molecule has 1 heterocycles. The van der Waals surface area contributed by atoms with Gasteiger partial charge in [-0.25, -0.2) is 0 Å². The number of aliphatic hydroxyl groups is 1. The van der Waals surface area contributed by atoms with Crippen LogP contribution in [-0.4, -0.2) is 39.7 Å². The second-order valence-electron chi connectivity index (χ2n) is 3.88. The average molecular weight is 253 g/mol. The molecule has 0 fully saturated rings. The van der Waals surface area contributed by atoms with Gasteiger partial charge in [0.25, 0.3) is 0 Å². The maximum Gasteiger partial charge on any atom is 0.123 e. The Labute approximate surface area is 107 Å². The number of aliphatic hydroxyl groups excluding tert-OH is 1. The summed E-state index contributed by atoms with van der Waals surface area (Å²) in [6.07, 6.45) is 2.73. The summed E-state index contributed by atoms with van der Waals surface area (Å²) in [4.78, 5) is 6.68. The molecule has 0 bridgehead atoms. The summed E-state index contributed by atoms with van der Waals surface area (Å²) >= 11 is 4.98. The van der Waals surface area contributed by atoms with Gasteiger partial charge in [-0.15, -0.1) is 0 Å². The van der Waals surface area contributed by atoms with Crippen molar-refractivity contribution in [3.05, 3.63) is 29.6 Å². The van der Waals surface area contributed by atoms with Crippen LogP contribution in [0.2, 0.25) is 0 Å². The molecule has 0 radical (unpaired) electrons. The maximum absolute atomic E-state index is 9.01. The lowest BCUT2D eigenvalue weighted by Crippen LogP contribution is -2.28. The van der Waals surface area contributed by atoms with Crippen molar-refractivity contribution in [3.63, 3.8) is 0 Å². The molecule has 0 unspecified atom stereocenters. The minimum Gasteiger partial charge on any atom is -0.395 e. The fourth-order valence-electron chi connectivity index (χ4n) is 1.76. The molecule has 1 aromatic heterocycles. The number of hydrogen-bond acceptors (Lipinski definition) is 4. The molecule has 5 heteroatoms. The maximum atomic E-state index is 9.01. The van der Waals surface area contributed by atoms with Gasteiger partial charge < -0.3 is 10.8 Å². The lowest BCUT2D eigenvalue weighted by molar-refractivity contribution is 0.190. The number of rotatable bonds is 7. The van der Waals surface area contributed by atoms with Crippen molar-refractivity contribution >= 4 is 17.2 Å². The van der Waals surface area contributed by atoms with Gasteiger partial charge in [-0.3, -0.25) is 9.88 Å². The second kappa shape index (κ2) is 7.32. The molecule has 0 aliphatic heterocycles. The van der Waals surface area contributed by atoms with E-state index in [1.54, 1.807) is 6.20 Å². The van der Waals surface area contributed by atoms with Crippen molar-refractivity contribution in [3.8, 4) is 0 Å². The first-order valence-corrected chi connectivity index (χ1v) is 6.16. The molecule has 94 valence electrons. The molecule has 0 amide bonds. The molecule has 0 spiro atoms. The molecular formula is C12H19N3OS. The van der Waals surface area contributed by atoms with Crippen LogP contribution in [0.3, 0.4) is 0 Å². The summed E-state index contributed by atoms with van der Waals surface area (Å²) in [6.45, 7) is 4.57. The minimum absolute atomic E-state index is 0.155. The average Bonchev–Trinajstić information content (AvgIpc) is 2.30. The zero-order chi connectivity index (χ0) is 12.7. The Morgan fingerprint density at radius 2 is 2.29 bits per heavy atom. The Hall–Kier alpha value is -1.04. The molecule has 0 aliphatic carbocycles. The van der Waals surface area contributed by atoms with E-state index in [4.69, 9.17) is 23.1 Å². The second-order valence-corrected chi connectivity index (χ2v) is 4.31. The fraction of sp³-hybridized carbons (Fsp3) is 0.500. The van der Waals surface area contributed by atoms with Gasteiger partial charge in [0.1, 0.15) is 10.7 Å². The van der Waals surface area contributed by atoms with E-state index >= 15 is 0 Å². The number of hydrogen-bond donors (Lipinski definition) is 2. The van der Waals surface area contributed by atoms with Crippen LogP contribution in [-0.2, 0) is 6.54 Å². The van der Waals surface area contributed by atoms with Crippen LogP contribution in [0, 0.1) is 0 Å². The molecule has 4 nitrogen and oxygen atoms in total. The number of aromatic nitrogens is 1. The molecule has 17 heavy (non-hydrogen) atoms. The Kier molecular flexibility index (Phi) is 6.04. The van der Waals surface area contributed by atoms with Gasteiger partial charge in [0.2, 0.25) is 0 Å². The van der Waals surface area contributed by atoms with Crippen LogP contribution in [0.25, 0.3) is 0 Å². The molecule has 3 N–H and O–H groups in total. The number of thiocarbonyl (C=S) groups is 1. The van der Waals surface area contributed by atoms with E-state index in [1.165, 1.54) is 0 Å². The predicted octanol–water partition coefficient (Wildman–Crippen LogP) is 0.920. The van der Waals surface area contributed by atoms with Crippen LogP contribution in [0.4, 0.5) is 0 Å². The zero-order valence-corrected chi connectivity index (χ0v) is 10.9. The van der Waals surface area contributed by atoms with Crippen molar-refractivity contribution in [1.29, 1.82) is 0 Å². The van der Waals surface area contributed by atoms with Gasteiger partial charge in [-0.2, -0.15) is 0 Å². The van der Waals surface area contributed by atoms with Gasteiger partial charge in [0.15, 0.2) is 0 Å². The van der Waals surface area contributed by atoms with E-state index in [-0.39, 0.29) is 6.61 Å². The molecule has 0 aromatic carbocycles. The van der Waals surface area contributed by atoms with Gasteiger partial charge in [0, 0.05) is 19.3 Å². The molecule has 1 aromatic rings. The summed E-state index contributed by atoms with van der Waals surface area (Å²) in [7, 11) is 0. The van der Waals surface area contributed by atoms with Crippen LogP contribution in [0.5, 0.6) is 0 Å². The highest BCUT2D eigenvalue weighted by Gasteiger charge is 2.10. The topological polar surface area (TPSA) is 62.4 Å². The molecule has 0 saturated heterocycles. The quantitative estimate of drug-likeness (QED) is 0.708. The monoisotopic (exact) mass is 253 g/mol. The van der Waals surface area contributed by atoms with Crippen molar-refractivity contribution in [1.82, 2.24) is 9.88 Å². The summed E-state index contributed by atoms with van der Waals surface area (Å²) < 4.78 is 0. The first-order valence-electron chi connectivity index (χ1n) is 5.76. The Morgan fingerprint density at radius 3 is 2.88 bits per heavy atom. The van der Waals surface area contributed by atoms with Crippen molar-refractivity contribution in [2.45, 2.75) is 19.9 Å². The van der Waals surface area contributed by atoms with E-state index < -0.39 is 0 Å². The van der Waals surface area contributed by atoms with Crippen molar-refractivity contribution in [2.24, 2.45) is 5.73 Å². The molecule has 1 rings (SSSR count). The highest BCUT2D eigenvalue weighted by molar-refractivity contribution is 7.80. The van der Waals surface area contributed by atoms with E-state index in [1.807, 2.05) is 12.1 Å². The van der Waals surface area contributed by atoms with Gasteiger partial charge in [0.05, 0.1) is 6.61 Å². The third-order valence-corrected chi connectivity index (χ3v) is 2.67. The highest BCUT2D eigenvalue weighted by atomic mass is 32.1. The summed E-state index contributed by atoms with van der Waals surface area (Å²) in [5, 5.41) is 9.01. The van der Waals surface area contributed by atoms with Crippen LogP contribution < -0.4 is 5.73 Å². The zero-order valence-electron chi connectivity index (χ0n) is 10.1. The van der Waals surface area contributed by atoms with E-state index in [0.717, 1.165) is 25.1 Å². The first kappa shape index (κ1) is 14.0. The Bertz CT molecular complexity index is 365. The first-order chi connectivity index (χ1) is 8.19. The lowest BCUT2D eigenvalue weighted by atomic mass is 10.1. The SMILES string of the molecule is CCCN(CCO)Cc1cccnc1C(N)=S. The van der Waals surface area contributed by atoms with Crippen molar-refractivity contribution in [2.75, 3.05) is 19.7 Å². The smallest absolute Gasteiger partial charge is 0.123 e. The molecular weight excluding hydrogens is 234 g/mol. The largest absolute Gasteiger partial charge is 0.395 e. The van der Waals surface area contributed by atoms with Crippen LogP contribution in [0.15, 0.2) is 18.3 Å². The van der Waals surface area contributed by atoms with Crippen LogP contribution in [0.1, 0.15) is 24.6 Å². The fourth-order valence-corrected chi connectivity index (χ4v) is 1.94. The van der Waals surface area contributed by atoms with E-state index in [0.29, 0.717) is 17.2 Å². The number of nitrogens with two attached hydrogens (primary N) is 1. The number of nitrogens with zero attached hydrogens (tertiary/aromatic N) is 2. The van der Waals surface area contributed by atoms with Gasteiger partial charge >= 0.3 is 0 Å². The third kappa shape index (κ3) is 4.38. The predicted molar refractivity (Wildman–Crippen MR) is 72.8 cm³/mol. The van der Waals surface area contributed by atoms with E-state index in [2.05, 4.69) is 16.8 Å². The summed E-state index contributed by atoms with van der Waals surface area (Å²) in [6, 6.07) is 3.85. The minimum atomic E-state index is 0.155. The Balaban J connectivity index is 2.80. The Morgan fingerprint density at radius 1 is 1.53 bits per heavy atom. The molecule has 0 saturated carbocycles. The number of pyridine rings is 1. The van der Waals surface area contributed by atoms with Crippen molar-refractivity contribution < 1.29 is 5.11 Å². The molecule has 0 atom stereocenters. The third-order valence-electron chi connectivity index (χ3n) is 2.47. The summed E-state index contributed by atoms with van der Waals surface area (Å²) in [5.74, 6) is 0. The van der Waals surface area contributed by atoms with Gasteiger partial charge in [-0.05, 0) is 24.6 Å². The molecule has 0 aliphatic rings. The summed E-state index contributed by atoms with van der Waals surface area (Å²) in [5.41, 5.74) is 7.34. The highest BCUT2D eigenvalue weighted by Crippen LogP contribution is 2.09. The normalized spacial score (nSPS) is 10.8. The lowest BCUT2D eigenvalue weighted by Gasteiger charge is -2.21. The van der Waals surface area contributed by atoms with Gasteiger partial charge in [-0.1, -0.05) is 25.2 Å². The standard InChI is InChI=1S/C12H19N3OS/c1-2-6-15(7-8-16)9-10-4-3-5-14-11(10)12(13)17/h3-5,16H,2,6-9H2,1H3,(H2,13,17). The van der Waals surface area contributed by atoms with Crippen LogP contribution >= 0.6 is 12.2 Å².